The van der Waals surface area contributed by atoms with Gasteiger partial charge in [0.1, 0.15) is 0 Å². The molecule has 0 radical (unpaired) electrons. The largest absolute Gasteiger partial charge is 0.204 e. The van der Waals surface area contributed by atoms with E-state index in [1.807, 2.05) is 24.3 Å². The quantitative estimate of drug-likeness (QED) is 0.190. The molecule has 43 heavy (non-hydrogen) atoms. The Morgan fingerprint density at radius 2 is 0.791 bits per heavy atom. The molecule has 8 rings (SSSR count). The Morgan fingerprint density at radius 1 is 0.349 bits per heavy atom. The molecular formula is C41H26F2. The zero-order chi connectivity index (χ0) is 29.1. The van der Waals surface area contributed by atoms with Crippen molar-refractivity contribution in [2.75, 3.05) is 0 Å². The molecule has 0 aliphatic rings. The van der Waals surface area contributed by atoms with Crippen molar-refractivity contribution in [3.05, 3.63) is 157 Å². The Morgan fingerprint density at radius 3 is 1.35 bits per heavy atom. The maximum absolute atomic E-state index is 15.1. The minimum absolute atomic E-state index is 0.686. The fraction of sp³-hybridized carbons (Fsp3) is 0.0244. The van der Waals surface area contributed by atoms with Crippen molar-refractivity contribution < 1.29 is 8.78 Å². The standard InChI is InChI=1S/C41H26F2/c1-25-10-12-28(13-11-25)31-18-19-34-35(22-31)41(33-17-15-27-7-3-5-9-30(27)21-33)37-24-39(43)38(42)23-36(37)40(34)32-16-14-26-6-2-4-8-29(26)20-32/h2-24H,1H3. The molecule has 0 atom stereocenters. The van der Waals surface area contributed by atoms with E-state index in [0.29, 0.717) is 10.8 Å². The van der Waals surface area contributed by atoms with Gasteiger partial charge in [0.05, 0.1) is 0 Å². The van der Waals surface area contributed by atoms with Crippen molar-refractivity contribution in [2.24, 2.45) is 0 Å². The van der Waals surface area contributed by atoms with Gasteiger partial charge in [0.2, 0.25) is 0 Å². The first-order chi connectivity index (χ1) is 21.0. The molecule has 8 aromatic carbocycles. The molecule has 0 heterocycles. The van der Waals surface area contributed by atoms with Crippen LogP contribution in [0.4, 0.5) is 8.78 Å². The fourth-order valence-electron chi connectivity index (χ4n) is 6.46. The molecule has 8 aromatic rings. The molecular weight excluding hydrogens is 530 g/mol. The summed E-state index contributed by atoms with van der Waals surface area (Å²) >= 11 is 0. The van der Waals surface area contributed by atoms with Gasteiger partial charge >= 0.3 is 0 Å². The Bertz CT molecular complexity index is 2360. The minimum atomic E-state index is -0.854. The van der Waals surface area contributed by atoms with Gasteiger partial charge in [0.25, 0.3) is 0 Å². The third-order valence-electron chi connectivity index (χ3n) is 8.62. The van der Waals surface area contributed by atoms with Crippen LogP contribution in [0.2, 0.25) is 0 Å². The lowest BCUT2D eigenvalue weighted by atomic mass is 9.84. The number of hydrogen-bond donors (Lipinski definition) is 0. The zero-order valence-corrected chi connectivity index (χ0v) is 23.5. The molecule has 2 heteroatoms. The Hall–Kier alpha value is -5.34. The molecule has 0 saturated heterocycles. The molecule has 0 aliphatic heterocycles. The second-order valence-electron chi connectivity index (χ2n) is 11.3. The molecule has 0 nitrogen and oxygen atoms in total. The van der Waals surface area contributed by atoms with Crippen molar-refractivity contribution in [2.45, 2.75) is 6.92 Å². The van der Waals surface area contributed by atoms with Crippen LogP contribution in [-0.2, 0) is 0 Å². The van der Waals surface area contributed by atoms with E-state index in [0.717, 1.165) is 65.7 Å². The number of benzene rings is 8. The summed E-state index contributed by atoms with van der Waals surface area (Å²) in [5.41, 5.74) is 7.10. The average molecular weight is 557 g/mol. The summed E-state index contributed by atoms with van der Waals surface area (Å²) in [6.07, 6.45) is 0. The molecule has 0 bridgehead atoms. The number of halogens is 2. The topological polar surface area (TPSA) is 0 Å². The third-order valence-corrected chi connectivity index (χ3v) is 8.62. The second-order valence-corrected chi connectivity index (χ2v) is 11.3. The number of rotatable bonds is 3. The van der Waals surface area contributed by atoms with Crippen LogP contribution in [0.5, 0.6) is 0 Å². The first-order valence-corrected chi connectivity index (χ1v) is 14.5. The van der Waals surface area contributed by atoms with Gasteiger partial charge in [0.15, 0.2) is 11.6 Å². The second kappa shape index (κ2) is 9.89. The van der Waals surface area contributed by atoms with Gasteiger partial charge in [-0.05, 0) is 114 Å². The number of aryl methyl sites for hydroxylation is 1. The van der Waals surface area contributed by atoms with Crippen LogP contribution >= 0.6 is 0 Å². The number of fused-ring (bicyclic) bond motifs is 4. The summed E-state index contributed by atoms with van der Waals surface area (Å²) < 4.78 is 30.2. The van der Waals surface area contributed by atoms with Crippen LogP contribution < -0.4 is 0 Å². The lowest BCUT2D eigenvalue weighted by Gasteiger charge is -2.19. The monoisotopic (exact) mass is 556 g/mol. The van der Waals surface area contributed by atoms with E-state index in [1.165, 1.54) is 17.7 Å². The van der Waals surface area contributed by atoms with Crippen LogP contribution in [0, 0.1) is 18.6 Å². The van der Waals surface area contributed by atoms with E-state index in [9.17, 15) is 0 Å². The molecule has 204 valence electrons. The Labute approximate surface area is 248 Å². The van der Waals surface area contributed by atoms with E-state index < -0.39 is 11.6 Å². The van der Waals surface area contributed by atoms with E-state index >= 15 is 8.78 Å². The minimum Gasteiger partial charge on any atom is -0.204 e. The SMILES string of the molecule is Cc1ccc(-c2ccc3c(-c4ccc5ccccc5c4)c4cc(F)c(F)cc4c(-c4ccc5ccccc5c4)c3c2)cc1. The van der Waals surface area contributed by atoms with Crippen molar-refractivity contribution in [3.8, 4) is 33.4 Å². The lowest BCUT2D eigenvalue weighted by molar-refractivity contribution is 0.511. The summed E-state index contributed by atoms with van der Waals surface area (Å²) in [5, 5.41) is 7.81. The van der Waals surface area contributed by atoms with Gasteiger partial charge in [0, 0.05) is 0 Å². The van der Waals surface area contributed by atoms with Gasteiger partial charge in [-0.2, -0.15) is 0 Å². The predicted molar refractivity (Wildman–Crippen MR) is 177 cm³/mol. The van der Waals surface area contributed by atoms with Crippen LogP contribution in [0.1, 0.15) is 5.56 Å². The van der Waals surface area contributed by atoms with Gasteiger partial charge in [-0.1, -0.05) is 115 Å². The molecule has 0 amide bonds. The van der Waals surface area contributed by atoms with Gasteiger partial charge in [-0.15, -0.1) is 0 Å². The summed E-state index contributed by atoms with van der Waals surface area (Å²) in [5.74, 6) is -1.71. The molecule has 0 fully saturated rings. The number of hydrogen-bond acceptors (Lipinski definition) is 0. The van der Waals surface area contributed by atoms with Crippen LogP contribution in [0.15, 0.2) is 140 Å². The zero-order valence-electron chi connectivity index (χ0n) is 23.5. The van der Waals surface area contributed by atoms with E-state index in [-0.39, 0.29) is 0 Å². The summed E-state index contributed by atoms with van der Waals surface area (Å²) in [7, 11) is 0. The predicted octanol–water partition coefficient (Wildman–Crippen LogP) is 11.9. The van der Waals surface area contributed by atoms with Crippen LogP contribution in [0.3, 0.4) is 0 Å². The average Bonchev–Trinajstić information content (AvgIpc) is 3.04. The van der Waals surface area contributed by atoms with Gasteiger partial charge < -0.3 is 0 Å². The van der Waals surface area contributed by atoms with E-state index in [4.69, 9.17) is 0 Å². The van der Waals surface area contributed by atoms with Crippen LogP contribution in [0.25, 0.3) is 76.5 Å². The van der Waals surface area contributed by atoms with Crippen molar-refractivity contribution in [3.63, 3.8) is 0 Å². The normalized spacial score (nSPS) is 11.6. The molecule has 0 unspecified atom stereocenters. The molecule has 0 saturated carbocycles. The maximum atomic E-state index is 15.1. The van der Waals surface area contributed by atoms with E-state index in [2.05, 4.69) is 110 Å². The Kier molecular flexibility index (Phi) is 5.84. The molecule has 0 aliphatic carbocycles. The lowest BCUT2D eigenvalue weighted by Crippen LogP contribution is -1.95. The third kappa shape index (κ3) is 4.26. The van der Waals surface area contributed by atoms with Crippen molar-refractivity contribution >= 4 is 43.1 Å². The fourth-order valence-corrected chi connectivity index (χ4v) is 6.46. The van der Waals surface area contributed by atoms with Crippen molar-refractivity contribution in [1.82, 2.24) is 0 Å². The highest BCUT2D eigenvalue weighted by atomic mass is 19.2. The smallest absolute Gasteiger partial charge is 0.159 e. The van der Waals surface area contributed by atoms with Gasteiger partial charge in [-0.3, -0.25) is 0 Å². The molecule has 0 aromatic heterocycles. The highest BCUT2D eigenvalue weighted by Crippen LogP contribution is 2.46. The van der Waals surface area contributed by atoms with Crippen molar-refractivity contribution in [1.29, 1.82) is 0 Å². The molecule has 0 N–H and O–H groups in total. The summed E-state index contributed by atoms with van der Waals surface area (Å²) in [6, 6.07) is 46.8. The van der Waals surface area contributed by atoms with E-state index in [1.54, 1.807) is 0 Å². The molecule has 0 spiro atoms. The highest BCUT2D eigenvalue weighted by molar-refractivity contribution is 6.22. The first-order valence-electron chi connectivity index (χ1n) is 14.5. The maximum Gasteiger partial charge on any atom is 0.159 e. The summed E-state index contributed by atoms with van der Waals surface area (Å²) in [6.45, 7) is 2.08. The first kappa shape index (κ1) is 25.4. The Balaban J connectivity index is 1.54. The summed E-state index contributed by atoms with van der Waals surface area (Å²) in [4.78, 5) is 0. The van der Waals surface area contributed by atoms with Gasteiger partial charge in [-0.25, -0.2) is 8.78 Å². The van der Waals surface area contributed by atoms with Crippen LogP contribution in [-0.4, -0.2) is 0 Å². The highest BCUT2D eigenvalue weighted by Gasteiger charge is 2.20.